The lowest BCUT2D eigenvalue weighted by molar-refractivity contribution is -0.153. The van der Waals surface area contributed by atoms with E-state index in [-0.39, 0.29) is 55.9 Å². The summed E-state index contributed by atoms with van der Waals surface area (Å²) in [7, 11) is 0. The zero-order chi connectivity index (χ0) is 30.2. The molecule has 0 saturated carbocycles. The van der Waals surface area contributed by atoms with E-state index in [1.807, 2.05) is 66.7 Å². The third kappa shape index (κ3) is 10.3. The molecule has 2 aromatic rings. The Balaban J connectivity index is 1.62. The van der Waals surface area contributed by atoms with Gasteiger partial charge in [-0.15, -0.1) is 13.2 Å². The number of likely N-dealkylation sites (tertiary alicyclic amines) is 1. The van der Waals surface area contributed by atoms with Crippen LogP contribution in [0.1, 0.15) is 56.1 Å². The summed E-state index contributed by atoms with van der Waals surface area (Å²) in [4.78, 5) is 43.6. The van der Waals surface area contributed by atoms with Gasteiger partial charge in [-0.25, -0.2) is 0 Å². The third-order valence-corrected chi connectivity index (χ3v) is 7.86. The van der Waals surface area contributed by atoms with Crippen molar-refractivity contribution in [2.45, 2.75) is 64.0 Å². The molecule has 1 aliphatic rings. The summed E-state index contributed by atoms with van der Waals surface area (Å²) in [6.07, 6.45) is 8.53. The van der Waals surface area contributed by atoms with Crippen LogP contribution in [-0.2, 0) is 32.1 Å². The maximum absolute atomic E-state index is 13.7. The van der Waals surface area contributed by atoms with Crippen LogP contribution in [-0.4, -0.2) is 65.0 Å². The second-order valence-electron chi connectivity index (χ2n) is 11.0. The zero-order valence-electron chi connectivity index (χ0n) is 24.7. The van der Waals surface area contributed by atoms with Crippen molar-refractivity contribution < 1.29 is 24.2 Å². The van der Waals surface area contributed by atoms with Crippen molar-refractivity contribution in [3.63, 3.8) is 0 Å². The highest BCUT2D eigenvalue weighted by molar-refractivity contribution is 5.86. The second-order valence-corrected chi connectivity index (χ2v) is 11.0. The Labute approximate surface area is 250 Å². The molecule has 3 rings (SSSR count). The van der Waals surface area contributed by atoms with Gasteiger partial charge in [-0.05, 0) is 56.1 Å². The molecule has 7 nitrogen and oxygen atoms in total. The first kappa shape index (κ1) is 32.8. The fraction of sp³-hybridized carbons (Fsp3) is 0.457. The van der Waals surface area contributed by atoms with Crippen LogP contribution in [0.25, 0.3) is 0 Å². The molecule has 1 N–H and O–H groups in total. The maximum Gasteiger partial charge on any atom is 0.309 e. The second kappa shape index (κ2) is 18.0. The first-order chi connectivity index (χ1) is 20.5. The van der Waals surface area contributed by atoms with Crippen molar-refractivity contribution in [1.82, 2.24) is 9.80 Å². The summed E-state index contributed by atoms with van der Waals surface area (Å²) in [6.45, 7) is 8.73. The van der Waals surface area contributed by atoms with Crippen LogP contribution >= 0.6 is 0 Å². The summed E-state index contributed by atoms with van der Waals surface area (Å²) in [5, 5.41) is 9.57. The molecule has 0 aliphatic carbocycles. The van der Waals surface area contributed by atoms with Crippen LogP contribution in [0.4, 0.5) is 0 Å². The van der Waals surface area contributed by atoms with Crippen molar-refractivity contribution in [2.24, 2.45) is 11.8 Å². The number of unbranched alkanes of at least 4 members (excludes halogenated alkanes) is 1. The Hall–Kier alpha value is -3.71. The molecule has 1 saturated heterocycles. The van der Waals surface area contributed by atoms with Crippen molar-refractivity contribution >= 4 is 17.8 Å². The zero-order valence-corrected chi connectivity index (χ0v) is 24.7. The van der Waals surface area contributed by atoms with Crippen LogP contribution < -0.4 is 0 Å². The number of hydrogen-bond acceptors (Lipinski definition) is 5. The number of aliphatic hydroxyl groups excluding tert-OH is 1. The van der Waals surface area contributed by atoms with Gasteiger partial charge >= 0.3 is 5.97 Å². The van der Waals surface area contributed by atoms with E-state index in [9.17, 15) is 19.5 Å². The largest absolute Gasteiger partial charge is 0.463 e. The molecular weight excluding hydrogens is 528 g/mol. The average Bonchev–Trinajstić information content (AvgIpc) is 3.48. The molecule has 1 aliphatic heterocycles. The van der Waals surface area contributed by atoms with Crippen molar-refractivity contribution in [2.75, 3.05) is 26.3 Å². The Kier molecular flexibility index (Phi) is 14.0. The molecule has 1 heterocycles. The number of carbonyl (C=O) groups is 3. The minimum Gasteiger partial charge on any atom is -0.463 e. The van der Waals surface area contributed by atoms with Gasteiger partial charge in [-0.1, -0.05) is 72.8 Å². The SMILES string of the molecule is C=CCCC[C@H](Cc1ccccc1)C(=O)OC[C@@H]1CCCN1C(=O)[C@@H](CC=C)CC(=O)N(CCO)Cc1ccccc1. The fourth-order valence-electron chi connectivity index (χ4n) is 5.57. The van der Waals surface area contributed by atoms with Crippen LogP contribution in [0, 0.1) is 11.8 Å². The molecule has 1 fully saturated rings. The van der Waals surface area contributed by atoms with Crippen LogP contribution in [0.3, 0.4) is 0 Å². The Morgan fingerprint density at radius 3 is 2.33 bits per heavy atom. The number of carbonyl (C=O) groups excluding carboxylic acids is 3. The number of nitrogens with zero attached hydrogens (tertiary/aromatic N) is 2. The topological polar surface area (TPSA) is 87.2 Å². The van der Waals surface area contributed by atoms with E-state index in [0.717, 1.165) is 36.8 Å². The van der Waals surface area contributed by atoms with Gasteiger partial charge in [0, 0.05) is 26.1 Å². The van der Waals surface area contributed by atoms with Gasteiger partial charge in [0.1, 0.15) is 6.61 Å². The van der Waals surface area contributed by atoms with Crippen molar-refractivity contribution in [3.8, 4) is 0 Å². The number of benzene rings is 2. The Morgan fingerprint density at radius 2 is 1.69 bits per heavy atom. The molecule has 226 valence electrons. The lowest BCUT2D eigenvalue weighted by Crippen LogP contribution is -2.44. The summed E-state index contributed by atoms with van der Waals surface area (Å²) in [5.74, 6) is -1.35. The predicted molar refractivity (Wildman–Crippen MR) is 165 cm³/mol. The van der Waals surface area contributed by atoms with Gasteiger partial charge < -0.3 is 19.6 Å². The molecular formula is C35H46N2O5. The highest BCUT2D eigenvalue weighted by atomic mass is 16.5. The van der Waals surface area contributed by atoms with Gasteiger partial charge in [-0.2, -0.15) is 0 Å². The maximum atomic E-state index is 13.7. The monoisotopic (exact) mass is 574 g/mol. The van der Waals surface area contributed by atoms with Gasteiger partial charge in [0.15, 0.2) is 0 Å². The molecule has 0 bridgehead atoms. The normalized spacial score (nSPS) is 15.9. The number of amides is 2. The number of ether oxygens (including phenoxy) is 1. The molecule has 0 spiro atoms. The van der Waals surface area contributed by atoms with Crippen LogP contribution in [0.2, 0.25) is 0 Å². The molecule has 2 amide bonds. The third-order valence-electron chi connectivity index (χ3n) is 7.86. The predicted octanol–water partition coefficient (Wildman–Crippen LogP) is 5.34. The van der Waals surface area contributed by atoms with E-state index in [2.05, 4.69) is 13.2 Å². The van der Waals surface area contributed by atoms with Gasteiger partial charge in [0.05, 0.1) is 24.5 Å². The first-order valence-corrected chi connectivity index (χ1v) is 15.1. The summed E-state index contributed by atoms with van der Waals surface area (Å²) in [6, 6.07) is 19.3. The molecule has 7 heteroatoms. The van der Waals surface area contributed by atoms with E-state index in [0.29, 0.717) is 32.4 Å². The lowest BCUT2D eigenvalue weighted by Gasteiger charge is -2.30. The average molecular weight is 575 g/mol. The highest BCUT2D eigenvalue weighted by Crippen LogP contribution is 2.25. The van der Waals surface area contributed by atoms with Gasteiger partial charge in [0.25, 0.3) is 0 Å². The summed E-state index contributed by atoms with van der Waals surface area (Å²) in [5.41, 5.74) is 2.05. The van der Waals surface area contributed by atoms with Gasteiger partial charge in [-0.3, -0.25) is 14.4 Å². The number of aliphatic hydroxyl groups is 1. The Morgan fingerprint density at radius 1 is 1.00 bits per heavy atom. The standard InChI is InChI=1S/C35H46N2O5/c1-3-5-8-19-31(24-28-15-9-6-10-16-28)35(41)42-27-32-20-13-21-37(32)34(40)30(14-4-2)25-33(39)36(22-23-38)26-29-17-11-7-12-18-29/h3-4,6-7,9-12,15-18,30-32,38H,1-2,5,8,13-14,19-27H2/t30-,31+,32-/m0/s1. The van der Waals surface area contributed by atoms with E-state index in [4.69, 9.17) is 4.74 Å². The highest BCUT2D eigenvalue weighted by Gasteiger charge is 2.35. The summed E-state index contributed by atoms with van der Waals surface area (Å²) < 4.78 is 5.85. The van der Waals surface area contributed by atoms with Gasteiger partial charge in [0.2, 0.25) is 11.8 Å². The van der Waals surface area contributed by atoms with E-state index in [1.54, 1.807) is 15.9 Å². The minimum atomic E-state index is -0.562. The smallest absolute Gasteiger partial charge is 0.309 e. The molecule has 42 heavy (non-hydrogen) atoms. The molecule has 0 aromatic heterocycles. The van der Waals surface area contributed by atoms with Crippen LogP contribution in [0.5, 0.6) is 0 Å². The molecule has 2 aromatic carbocycles. The van der Waals surface area contributed by atoms with E-state index < -0.39 is 5.92 Å². The quantitative estimate of drug-likeness (QED) is 0.148. The number of rotatable bonds is 18. The van der Waals surface area contributed by atoms with E-state index in [1.165, 1.54) is 0 Å². The Bertz CT molecular complexity index is 1140. The molecule has 3 atom stereocenters. The van der Waals surface area contributed by atoms with Crippen molar-refractivity contribution in [3.05, 3.63) is 97.1 Å². The van der Waals surface area contributed by atoms with Crippen LogP contribution in [0.15, 0.2) is 86.0 Å². The lowest BCUT2D eigenvalue weighted by atomic mass is 9.94. The number of allylic oxidation sites excluding steroid dienone is 2. The van der Waals surface area contributed by atoms with Crippen molar-refractivity contribution in [1.29, 1.82) is 0 Å². The van der Waals surface area contributed by atoms with E-state index >= 15 is 0 Å². The molecule has 0 radical (unpaired) electrons. The minimum absolute atomic E-state index is 0.0309. The number of esters is 1. The fourth-order valence-corrected chi connectivity index (χ4v) is 5.57. The molecule has 0 unspecified atom stereocenters. The summed E-state index contributed by atoms with van der Waals surface area (Å²) >= 11 is 0. The number of hydrogen-bond donors (Lipinski definition) is 1. The first-order valence-electron chi connectivity index (χ1n) is 15.1.